The van der Waals surface area contributed by atoms with Crippen LogP contribution in [0, 0.1) is 0 Å². The molecule has 0 fully saturated rings. The number of rotatable bonds is 0. The van der Waals surface area contributed by atoms with Crippen molar-refractivity contribution in [1.82, 2.24) is 9.97 Å². The van der Waals surface area contributed by atoms with E-state index in [9.17, 15) is 0 Å². The van der Waals surface area contributed by atoms with Crippen LogP contribution in [0.5, 0.6) is 0 Å². The molecule has 1 aromatic carbocycles. The molecule has 17 heavy (non-hydrogen) atoms. The summed E-state index contributed by atoms with van der Waals surface area (Å²) in [7, 11) is 0. The van der Waals surface area contributed by atoms with Crippen LogP contribution in [0.1, 0.15) is 0 Å². The van der Waals surface area contributed by atoms with Gasteiger partial charge >= 0.3 is 0 Å². The second-order valence-electron chi connectivity index (χ2n) is 4.00. The predicted octanol–water partition coefficient (Wildman–Crippen LogP) is 4.00. The molecule has 0 aliphatic rings. The third-order valence-electron chi connectivity index (χ3n) is 2.95. The summed E-state index contributed by atoms with van der Waals surface area (Å²) < 4.78 is 2.49. The summed E-state index contributed by atoms with van der Waals surface area (Å²) in [6.07, 6.45) is 3.68. The van der Waals surface area contributed by atoms with E-state index in [4.69, 9.17) is 0 Å². The number of fused-ring (bicyclic) bond motifs is 4. The Morgan fingerprint density at radius 1 is 0.882 bits per heavy atom. The predicted molar refractivity (Wildman–Crippen MR) is 72.4 cm³/mol. The second kappa shape index (κ2) is 3.25. The van der Waals surface area contributed by atoms with Gasteiger partial charge in [-0.05, 0) is 30.3 Å². The number of hydrogen-bond acceptors (Lipinski definition) is 3. The van der Waals surface area contributed by atoms with Crippen LogP contribution >= 0.6 is 11.3 Å². The summed E-state index contributed by atoms with van der Waals surface area (Å²) in [5.41, 5.74) is 2.14. The Morgan fingerprint density at radius 3 is 2.76 bits per heavy atom. The molecule has 0 unspecified atom stereocenters. The minimum atomic E-state index is 1.05. The van der Waals surface area contributed by atoms with Crippen molar-refractivity contribution in [3.05, 3.63) is 48.8 Å². The average Bonchev–Trinajstić information content (AvgIpc) is 2.73. The summed E-state index contributed by atoms with van der Waals surface area (Å²) in [6.45, 7) is 0. The van der Waals surface area contributed by atoms with Gasteiger partial charge in [-0.25, -0.2) is 0 Å². The summed E-state index contributed by atoms with van der Waals surface area (Å²) in [5.74, 6) is 0. The van der Waals surface area contributed by atoms with Crippen molar-refractivity contribution in [2.75, 3.05) is 0 Å². The highest BCUT2D eigenvalue weighted by molar-refractivity contribution is 7.25. The second-order valence-corrected chi connectivity index (χ2v) is 5.08. The van der Waals surface area contributed by atoms with Gasteiger partial charge in [0.05, 0.1) is 15.7 Å². The maximum atomic E-state index is 4.47. The Kier molecular flexibility index (Phi) is 1.73. The first kappa shape index (κ1) is 9.07. The van der Waals surface area contributed by atoms with Crippen LogP contribution in [0.2, 0.25) is 0 Å². The highest BCUT2D eigenvalue weighted by Crippen LogP contribution is 2.34. The smallest absolute Gasteiger partial charge is 0.0888 e. The SMILES string of the molecule is c1cnc2cc3sc4cccnc4c3cc2c1. The van der Waals surface area contributed by atoms with Crippen molar-refractivity contribution in [1.29, 1.82) is 0 Å². The van der Waals surface area contributed by atoms with Gasteiger partial charge in [0, 0.05) is 27.9 Å². The Balaban J connectivity index is 2.28. The fourth-order valence-corrected chi connectivity index (χ4v) is 3.24. The van der Waals surface area contributed by atoms with Crippen molar-refractivity contribution in [2.45, 2.75) is 0 Å². The van der Waals surface area contributed by atoms with Gasteiger partial charge in [-0.3, -0.25) is 9.97 Å². The zero-order valence-corrected chi connectivity index (χ0v) is 9.74. The molecule has 4 rings (SSSR count). The largest absolute Gasteiger partial charge is 0.256 e. The molecular weight excluding hydrogens is 228 g/mol. The van der Waals surface area contributed by atoms with E-state index in [1.54, 1.807) is 11.3 Å². The summed E-state index contributed by atoms with van der Waals surface area (Å²) in [6, 6.07) is 12.5. The minimum absolute atomic E-state index is 1.05. The number of hydrogen-bond donors (Lipinski definition) is 0. The number of benzene rings is 1. The van der Waals surface area contributed by atoms with Crippen LogP contribution < -0.4 is 0 Å². The first-order valence-corrected chi connectivity index (χ1v) is 6.25. The Morgan fingerprint density at radius 2 is 1.76 bits per heavy atom. The van der Waals surface area contributed by atoms with Crippen molar-refractivity contribution < 1.29 is 0 Å². The molecule has 4 aromatic rings. The van der Waals surface area contributed by atoms with Gasteiger partial charge in [-0.15, -0.1) is 11.3 Å². The third-order valence-corrected chi connectivity index (χ3v) is 4.06. The minimum Gasteiger partial charge on any atom is -0.256 e. The van der Waals surface area contributed by atoms with Gasteiger partial charge in [0.1, 0.15) is 0 Å². The molecular formula is C14H8N2S. The molecule has 3 heteroatoms. The lowest BCUT2D eigenvalue weighted by Crippen LogP contribution is -1.77. The third kappa shape index (κ3) is 1.26. The summed E-state index contributed by atoms with van der Waals surface area (Å²) >= 11 is 1.77. The van der Waals surface area contributed by atoms with Crippen molar-refractivity contribution in [2.24, 2.45) is 0 Å². The van der Waals surface area contributed by atoms with Crippen molar-refractivity contribution in [3.63, 3.8) is 0 Å². The van der Waals surface area contributed by atoms with E-state index >= 15 is 0 Å². The lowest BCUT2D eigenvalue weighted by Gasteiger charge is -1.96. The van der Waals surface area contributed by atoms with Gasteiger partial charge < -0.3 is 0 Å². The molecule has 0 aliphatic carbocycles. The van der Waals surface area contributed by atoms with Crippen LogP contribution in [-0.2, 0) is 0 Å². The van der Waals surface area contributed by atoms with Crippen LogP contribution in [0.3, 0.4) is 0 Å². The van der Waals surface area contributed by atoms with Gasteiger partial charge in [-0.2, -0.15) is 0 Å². The molecule has 80 valence electrons. The Hall–Kier alpha value is -2.00. The average molecular weight is 236 g/mol. The standard InChI is InChI=1S/C14H8N2S/c1-3-9-7-10-13(8-11(9)15-5-1)17-12-4-2-6-16-14(10)12/h1-8H. The summed E-state index contributed by atoms with van der Waals surface area (Å²) in [5, 5.41) is 2.40. The van der Waals surface area contributed by atoms with E-state index < -0.39 is 0 Å². The number of nitrogens with zero attached hydrogens (tertiary/aromatic N) is 2. The lowest BCUT2D eigenvalue weighted by molar-refractivity contribution is 1.42. The molecule has 3 heterocycles. The van der Waals surface area contributed by atoms with Crippen LogP contribution in [0.4, 0.5) is 0 Å². The normalized spacial score (nSPS) is 11.5. The molecule has 0 atom stereocenters. The topological polar surface area (TPSA) is 25.8 Å². The number of pyridine rings is 2. The Bertz CT molecular complexity index is 842. The van der Waals surface area contributed by atoms with Crippen LogP contribution in [0.15, 0.2) is 48.8 Å². The van der Waals surface area contributed by atoms with Crippen molar-refractivity contribution >= 4 is 42.5 Å². The van der Waals surface area contributed by atoms with E-state index in [0.29, 0.717) is 0 Å². The van der Waals surface area contributed by atoms with Crippen LogP contribution in [0.25, 0.3) is 31.2 Å². The van der Waals surface area contributed by atoms with E-state index in [0.717, 1.165) is 11.0 Å². The van der Waals surface area contributed by atoms with Gasteiger partial charge in [0.2, 0.25) is 0 Å². The molecule has 3 aromatic heterocycles. The molecule has 0 bridgehead atoms. The van der Waals surface area contributed by atoms with Gasteiger partial charge in [0.25, 0.3) is 0 Å². The van der Waals surface area contributed by atoms with Crippen LogP contribution in [-0.4, -0.2) is 9.97 Å². The molecule has 2 nitrogen and oxygen atoms in total. The molecule has 0 radical (unpaired) electrons. The highest BCUT2D eigenvalue weighted by Gasteiger charge is 2.06. The zero-order valence-electron chi connectivity index (χ0n) is 8.92. The Labute approximate surface area is 102 Å². The molecule has 0 saturated carbocycles. The van der Waals surface area contributed by atoms with E-state index in [1.807, 2.05) is 24.5 Å². The molecule has 0 N–H and O–H groups in total. The fraction of sp³-hybridized carbons (Fsp3) is 0. The monoisotopic (exact) mass is 236 g/mol. The molecule has 0 aliphatic heterocycles. The zero-order chi connectivity index (χ0) is 11.2. The van der Waals surface area contributed by atoms with E-state index in [-0.39, 0.29) is 0 Å². The van der Waals surface area contributed by atoms with E-state index in [1.165, 1.54) is 20.2 Å². The van der Waals surface area contributed by atoms with Crippen molar-refractivity contribution in [3.8, 4) is 0 Å². The first-order chi connectivity index (χ1) is 8.42. The van der Waals surface area contributed by atoms with E-state index in [2.05, 4.69) is 34.2 Å². The van der Waals surface area contributed by atoms with Gasteiger partial charge in [-0.1, -0.05) is 6.07 Å². The fourth-order valence-electron chi connectivity index (χ4n) is 2.16. The lowest BCUT2D eigenvalue weighted by atomic mass is 10.1. The molecule has 0 spiro atoms. The maximum Gasteiger partial charge on any atom is 0.0888 e. The first-order valence-electron chi connectivity index (χ1n) is 5.44. The molecule has 0 amide bonds. The quantitative estimate of drug-likeness (QED) is 0.461. The summed E-state index contributed by atoms with van der Waals surface area (Å²) in [4.78, 5) is 8.85. The van der Waals surface area contributed by atoms with Gasteiger partial charge in [0.15, 0.2) is 0 Å². The maximum absolute atomic E-state index is 4.47. The number of thiophene rings is 1. The number of aromatic nitrogens is 2. The highest BCUT2D eigenvalue weighted by atomic mass is 32.1. The molecule has 0 saturated heterocycles.